The average Bonchev–Trinajstić information content (AvgIpc) is 2.73. The number of alkyl halides is 1. The van der Waals surface area contributed by atoms with E-state index in [0.717, 1.165) is 0 Å². The topological polar surface area (TPSA) is 73.5 Å². The van der Waals surface area contributed by atoms with Crippen LogP contribution < -0.4 is 15.8 Å². The van der Waals surface area contributed by atoms with Gasteiger partial charge in [-0.3, -0.25) is 9.36 Å². The van der Waals surface area contributed by atoms with Crippen molar-refractivity contribution < 1.29 is 13.9 Å². The summed E-state index contributed by atoms with van der Waals surface area (Å²) in [6.07, 6.45) is 0. The molecule has 19 heavy (non-hydrogen) atoms. The summed E-state index contributed by atoms with van der Waals surface area (Å²) in [5.41, 5.74) is 1.15. The van der Waals surface area contributed by atoms with E-state index in [0.29, 0.717) is 29.9 Å². The van der Waals surface area contributed by atoms with Crippen molar-refractivity contribution in [3.8, 4) is 5.75 Å². The molecular weight excluding hydrogens is 316 g/mol. The zero-order valence-electron chi connectivity index (χ0n) is 10.3. The number of oxazole rings is 1. The summed E-state index contributed by atoms with van der Waals surface area (Å²) in [6, 6.07) is 5.17. The molecule has 0 aliphatic carbocycles. The standard InChI is InChI=1S/C12H13BrN2O4/c1-18-8-2-3-9-10(6-8)19-12(17)15(9)5-4-14-11(16)7-13/h2-3,6H,4-5,7H2,1H3,(H,14,16). The summed E-state index contributed by atoms with van der Waals surface area (Å²) in [6.45, 7) is 0.724. The molecule has 0 aliphatic rings. The summed E-state index contributed by atoms with van der Waals surface area (Å²) >= 11 is 3.05. The van der Waals surface area contributed by atoms with Gasteiger partial charge >= 0.3 is 5.76 Å². The van der Waals surface area contributed by atoms with Gasteiger partial charge in [0.1, 0.15) is 5.75 Å². The molecule has 0 bridgehead atoms. The molecular formula is C12H13BrN2O4. The maximum atomic E-state index is 11.7. The van der Waals surface area contributed by atoms with Crippen LogP contribution in [0.3, 0.4) is 0 Å². The van der Waals surface area contributed by atoms with Gasteiger partial charge in [-0.05, 0) is 12.1 Å². The summed E-state index contributed by atoms with van der Waals surface area (Å²) in [5.74, 6) is 0.0554. The number of carbonyl (C=O) groups excluding carboxylic acids is 1. The Labute approximate surface area is 117 Å². The number of halogens is 1. The van der Waals surface area contributed by atoms with Crippen LogP contribution in [0.4, 0.5) is 0 Å². The third-order valence-electron chi connectivity index (χ3n) is 2.65. The van der Waals surface area contributed by atoms with E-state index in [-0.39, 0.29) is 11.2 Å². The zero-order chi connectivity index (χ0) is 13.8. The van der Waals surface area contributed by atoms with Crippen molar-refractivity contribution in [2.24, 2.45) is 0 Å². The highest BCUT2D eigenvalue weighted by molar-refractivity contribution is 9.09. The Morgan fingerprint density at radius 2 is 2.32 bits per heavy atom. The van der Waals surface area contributed by atoms with Crippen molar-refractivity contribution in [3.05, 3.63) is 28.7 Å². The quantitative estimate of drug-likeness (QED) is 0.834. The van der Waals surface area contributed by atoms with Gasteiger partial charge in [0.2, 0.25) is 5.91 Å². The number of ether oxygens (including phenoxy) is 1. The highest BCUT2D eigenvalue weighted by Crippen LogP contribution is 2.19. The van der Waals surface area contributed by atoms with Gasteiger partial charge in [-0.1, -0.05) is 15.9 Å². The lowest BCUT2D eigenvalue weighted by Crippen LogP contribution is -2.30. The van der Waals surface area contributed by atoms with Gasteiger partial charge in [-0.2, -0.15) is 0 Å². The Bertz CT molecular complexity index is 647. The van der Waals surface area contributed by atoms with Crippen LogP contribution in [-0.4, -0.2) is 29.5 Å². The Morgan fingerprint density at radius 1 is 1.53 bits per heavy atom. The summed E-state index contributed by atoms with van der Waals surface area (Å²) in [7, 11) is 1.55. The van der Waals surface area contributed by atoms with Crippen molar-refractivity contribution in [1.82, 2.24) is 9.88 Å². The van der Waals surface area contributed by atoms with E-state index in [2.05, 4.69) is 21.2 Å². The van der Waals surface area contributed by atoms with Gasteiger partial charge in [0.25, 0.3) is 0 Å². The van der Waals surface area contributed by atoms with Crippen molar-refractivity contribution >= 4 is 32.9 Å². The first-order valence-corrected chi connectivity index (χ1v) is 6.78. The number of carbonyl (C=O) groups is 1. The van der Waals surface area contributed by atoms with E-state index in [1.165, 1.54) is 4.57 Å². The second-order valence-corrected chi connectivity index (χ2v) is 4.40. The first-order chi connectivity index (χ1) is 9.15. The molecule has 0 saturated heterocycles. The molecule has 2 aromatic rings. The third-order valence-corrected chi connectivity index (χ3v) is 3.16. The summed E-state index contributed by atoms with van der Waals surface area (Å²) in [5, 5.41) is 2.91. The van der Waals surface area contributed by atoms with E-state index in [1.54, 1.807) is 25.3 Å². The number of benzene rings is 1. The van der Waals surface area contributed by atoms with Gasteiger partial charge in [0.15, 0.2) is 5.58 Å². The molecule has 6 nitrogen and oxygen atoms in total. The molecule has 1 aromatic heterocycles. The molecule has 0 spiro atoms. The van der Waals surface area contributed by atoms with Crippen molar-refractivity contribution in [2.45, 2.75) is 6.54 Å². The molecule has 0 unspecified atom stereocenters. The monoisotopic (exact) mass is 328 g/mol. The first-order valence-electron chi connectivity index (χ1n) is 5.65. The highest BCUT2D eigenvalue weighted by atomic mass is 79.9. The number of fused-ring (bicyclic) bond motifs is 1. The molecule has 7 heteroatoms. The van der Waals surface area contributed by atoms with E-state index in [4.69, 9.17) is 9.15 Å². The minimum absolute atomic E-state index is 0.123. The predicted octanol–water partition coefficient (Wildman–Crippen LogP) is 1.11. The van der Waals surface area contributed by atoms with Gasteiger partial charge in [0.05, 0.1) is 18.0 Å². The normalized spacial score (nSPS) is 10.6. The minimum atomic E-state index is -0.448. The molecule has 0 saturated carbocycles. The molecule has 102 valence electrons. The number of rotatable bonds is 5. The smallest absolute Gasteiger partial charge is 0.420 e. The largest absolute Gasteiger partial charge is 0.497 e. The second kappa shape index (κ2) is 5.92. The minimum Gasteiger partial charge on any atom is -0.497 e. The van der Waals surface area contributed by atoms with Crippen LogP contribution in [0.15, 0.2) is 27.4 Å². The zero-order valence-corrected chi connectivity index (χ0v) is 11.9. The highest BCUT2D eigenvalue weighted by Gasteiger charge is 2.10. The molecule has 1 amide bonds. The molecule has 2 rings (SSSR count). The SMILES string of the molecule is COc1ccc2c(c1)oc(=O)n2CCNC(=O)CBr. The number of nitrogens with zero attached hydrogens (tertiary/aromatic N) is 1. The van der Waals surface area contributed by atoms with Crippen LogP contribution in [0.2, 0.25) is 0 Å². The Hall–Kier alpha value is -1.76. The molecule has 0 fully saturated rings. The Morgan fingerprint density at radius 3 is 3.00 bits per heavy atom. The van der Waals surface area contributed by atoms with E-state index in [9.17, 15) is 9.59 Å². The van der Waals surface area contributed by atoms with E-state index >= 15 is 0 Å². The van der Waals surface area contributed by atoms with Crippen molar-refractivity contribution in [3.63, 3.8) is 0 Å². The van der Waals surface area contributed by atoms with Crippen molar-refractivity contribution in [2.75, 3.05) is 19.0 Å². The average molecular weight is 329 g/mol. The second-order valence-electron chi connectivity index (χ2n) is 3.84. The third kappa shape index (κ3) is 2.98. The fourth-order valence-corrected chi connectivity index (χ4v) is 1.94. The van der Waals surface area contributed by atoms with Gasteiger partial charge in [0, 0.05) is 19.2 Å². The molecule has 1 N–H and O–H groups in total. The van der Waals surface area contributed by atoms with Crippen LogP contribution in [0.5, 0.6) is 5.75 Å². The maximum Gasteiger partial charge on any atom is 0.420 e. The lowest BCUT2D eigenvalue weighted by atomic mass is 10.3. The van der Waals surface area contributed by atoms with E-state index < -0.39 is 5.76 Å². The Kier molecular flexibility index (Phi) is 4.26. The van der Waals surface area contributed by atoms with Gasteiger partial charge in [-0.15, -0.1) is 0 Å². The Balaban J connectivity index is 2.21. The number of hydrogen-bond acceptors (Lipinski definition) is 4. The molecule has 0 radical (unpaired) electrons. The number of amides is 1. The molecule has 1 aromatic carbocycles. The maximum absolute atomic E-state index is 11.7. The predicted molar refractivity (Wildman–Crippen MR) is 73.8 cm³/mol. The van der Waals surface area contributed by atoms with E-state index in [1.807, 2.05) is 0 Å². The number of hydrogen-bond donors (Lipinski definition) is 1. The van der Waals surface area contributed by atoms with Crippen LogP contribution in [-0.2, 0) is 11.3 Å². The van der Waals surface area contributed by atoms with Crippen LogP contribution >= 0.6 is 15.9 Å². The number of methoxy groups -OCH3 is 1. The van der Waals surface area contributed by atoms with Gasteiger partial charge < -0.3 is 14.5 Å². The first kappa shape index (κ1) is 13.7. The van der Waals surface area contributed by atoms with Crippen LogP contribution in [0, 0.1) is 0 Å². The van der Waals surface area contributed by atoms with Crippen molar-refractivity contribution in [1.29, 1.82) is 0 Å². The summed E-state index contributed by atoms with van der Waals surface area (Å²) in [4.78, 5) is 22.8. The molecule has 0 atom stereocenters. The fourth-order valence-electron chi connectivity index (χ4n) is 1.74. The fraction of sp³-hybridized carbons (Fsp3) is 0.333. The number of aromatic nitrogens is 1. The molecule has 1 heterocycles. The number of nitrogens with one attached hydrogen (secondary N) is 1. The lowest BCUT2D eigenvalue weighted by Gasteiger charge is -2.04. The lowest BCUT2D eigenvalue weighted by molar-refractivity contribution is -0.118. The van der Waals surface area contributed by atoms with Gasteiger partial charge in [-0.25, -0.2) is 4.79 Å². The molecule has 0 aliphatic heterocycles. The summed E-state index contributed by atoms with van der Waals surface area (Å²) < 4.78 is 11.7. The van der Waals surface area contributed by atoms with Crippen LogP contribution in [0.25, 0.3) is 11.1 Å². The van der Waals surface area contributed by atoms with Crippen LogP contribution in [0.1, 0.15) is 0 Å².